The zero-order valence-electron chi connectivity index (χ0n) is 16.7. The van der Waals surface area contributed by atoms with E-state index in [0.29, 0.717) is 38.4 Å². The number of nitrogens with one attached hydrogen (secondary N) is 1. The van der Waals surface area contributed by atoms with Crippen LogP contribution < -0.4 is 11.1 Å². The van der Waals surface area contributed by atoms with E-state index < -0.39 is 0 Å². The van der Waals surface area contributed by atoms with Gasteiger partial charge in [0.2, 0.25) is 0 Å². The van der Waals surface area contributed by atoms with E-state index in [1.165, 1.54) is 19.4 Å². The van der Waals surface area contributed by atoms with Gasteiger partial charge in [0.05, 0.1) is 26.4 Å². The highest BCUT2D eigenvalue weighted by atomic mass is 127. The molecule has 0 bridgehead atoms. The fourth-order valence-electron chi connectivity index (χ4n) is 3.27. The largest absolute Gasteiger partial charge is 0.379 e. The van der Waals surface area contributed by atoms with Crippen LogP contribution in [0, 0.1) is 0 Å². The summed E-state index contributed by atoms with van der Waals surface area (Å²) in [6.07, 6.45) is 2.51. The minimum Gasteiger partial charge on any atom is -0.379 e. The predicted molar refractivity (Wildman–Crippen MR) is 122 cm³/mol. The average molecular weight is 490 g/mol. The van der Waals surface area contributed by atoms with Gasteiger partial charge in [0, 0.05) is 19.2 Å². The van der Waals surface area contributed by atoms with Gasteiger partial charge < -0.3 is 20.5 Å². The second-order valence-corrected chi connectivity index (χ2v) is 6.58. The summed E-state index contributed by atoms with van der Waals surface area (Å²) in [5, 5.41) is 3.28. The summed E-state index contributed by atoms with van der Waals surface area (Å²) in [7, 11) is 0. The SMILES string of the molecule is CCOCCOCc1cccc(CN=C(N)NCC2CCCN2CC)c1.I. The van der Waals surface area contributed by atoms with E-state index in [9.17, 15) is 0 Å². The van der Waals surface area contributed by atoms with Crippen LogP contribution in [0.4, 0.5) is 0 Å². The first-order chi connectivity index (χ1) is 12.7. The molecule has 3 N–H and O–H groups in total. The van der Waals surface area contributed by atoms with E-state index in [0.717, 1.165) is 30.8 Å². The number of benzene rings is 1. The van der Waals surface area contributed by atoms with E-state index in [-0.39, 0.29) is 24.0 Å². The van der Waals surface area contributed by atoms with Gasteiger partial charge in [-0.05, 0) is 44.0 Å². The standard InChI is InChI=1S/C20H34N4O2.HI/c1-3-24-10-6-9-19(24)15-23-20(21)22-14-17-7-5-8-18(13-17)16-26-12-11-25-4-2;/h5,7-8,13,19H,3-4,6,9-12,14-16H2,1-2H3,(H3,21,22,23);1H. The summed E-state index contributed by atoms with van der Waals surface area (Å²) in [5.74, 6) is 0.520. The van der Waals surface area contributed by atoms with Crippen molar-refractivity contribution in [2.75, 3.05) is 39.5 Å². The molecule has 1 heterocycles. The first-order valence-corrected chi connectivity index (χ1v) is 9.74. The summed E-state index contributed by atoms with van der Waals surface area (Å²) in [6, 6.07) is 8.86. The summed E-state index contributed by atoms with van der Waals surface area (Å²) >= 11 is 0. The quantitative estimate of drug-likeness (QED) is 0.216. The van der Waals surface area contributed by atoms with Crippen LogP contribution in [0.15, 0.2) is 29.3 Å². The van der Waals surface area contributed by atoms with Gasteiger partial charge in [0.15, 0.2) is 5.96 Å². The minimum absolute atomic E-state index is 0. The Kier molecular flexibility index (Phi) is 12.6. The van der Waals surface area contributed by atoms with E-state index in [2.05, 4.69) is 40.3 Å². The van der Waals surface area contributed by atoms with Crippen molar-refractivity contribution in [3.63, 3.8) is 0 Å². The molecule has 1 unspecified atom stereocenters. The molecule has 154 valence electrons. The number of hydrogen-bond acceptors (Lipinski definition) is 4. The number of rotatable bonds is 11. The van der Waals surface area contributed by atoms with E-state index in [1.54, 1.807) is 0 Å². The zero-order chi connectivity index (χ0) is 18.6. The summed E-state index contributed by atoms with van der Waals surface area (Å²) < 4.78 is 10.9. The molecule has 0 aromatic heterocycles. The predicted octanol–water partition coefficient (Wildman–Crippen LogP) is 2.75. The maximum atomic E-state index is 6.03. The molecule has 6 nitrogen and oxygen atoms in total. The second-order valence-electron chi connectivity index (χ2n) is 6.58. The fraction of sp³-hybridized carbons (Fsp3) is 0.650. The molecule has 2 rings (SSSR count). The van der Waals surface area contributed by atoms with E-state index in [1.807, 2.05) is 13.0 Å². The lowest BCUT2D eigenvalue weighted by atomic mass is 10.1. The van der Waals surface area contributed by atoms with Crippen molar-refractivity contribution >= 4 is 29.9 Å². The van der Waals surface area contributed by atoms with Gasteiger partial charge >= 0.3 is 0 Å². The number of ether oxygens (including phenoxy) is 2. The van der Waals surface area contributed by atoms with Crippen molar-refractivity contribution in [2.24, 2.45) is 10.7 Å². The third-order valence-corrected chi connectivity index (χ3v) is 4.69. The van der Waals surface area contributed by atoms with Gasteiger partial charge in [-0.15, -0.1) is 24.0 Å². The molecule has 0 aliphatic carbocycles. The molecule has 0 saturated carbocycles. The van der Waals surface area contributed by atoms with Crippen LogP contribution in [0.1, 0.15) is 37.8 Å². The molecule has 0 spiro atoms. The van der Waals surface area contributed by atoms with Gasteiger partial charge in [0.1, 0.15) is 0 Å². The number of nitrogens with zero attached hydrogens (tertiary/aromatic N) is 2. The number of guanidine groups is 1. The van der Waals surface area contributed by atoms with Crippen molar-refractivity contribution < 1.29 is 9.47 Å². The van der Waals surface area contributed by atoms with Crippen molar-refractivity contribution in [3.8, 4) is 0 Å². The van der Waals surface area contributed by atoms with Crippen molar-refractivity contribution in [1.29, 1.82) is 0 Å². The van der Waals surface area contributed by atoms with Gasteiger partial charge in [0.25, 0.3) is 0 Å². The van der Waals surface area contributed by atoms with E-state index in [4.69, 9.17) is 15.2 Å². The van der Waals surface area contributed by atoms with Crippen LogP contribution >= 0.6 is 24.0 Å². The molecule has 1 atom stereocenters. The van der Waals surface area contributed by atoms with Crippen LogP contribution in [-0.2, 0) is 22.6 Å². The monoisotopic (exact) mass is 490 g/mol. The maximum absolute atomic E-state index is 6.03. The normalized spacial score (nSPS) is 17.7. The molecule has 1 aromatic rings. The highest BCUT2D eigenvalue weighted by Crippen LogP contribution is 2.15. The number of hydrogen-bond donors (Lipinski definition) is 2. The number of nitrogens with two attached hydrogens (primary N) is 1. The Balaban J connectivity index is 0.00000364. The Bertz CT molecular complexity index is 557. The van der Waals surface area contributed by atoms with Gasteiger partial charge in [-0.3, -0.25) is 4.90 Å². The Morgan fingerprint density at radius 1 is 1.26 bits per heavy atom. The van der Waals surface area contributed by atoms with Crippen molar-refractivity contribution in [2.45, 2.75) is 45.9 Å². The molecule has 1 aromatic carbocycles. The summed E-state index contributed by atoms with van der Waals surface area (Å²) in [5.41, 5.74) is 8.31. The second kappa shape index (κ2) is 14.1. The molecule has 0 amide bonds. The van der Waals surface area contributed by atoms with Crippen LogP contribution in [0.2, 0.25) is 0 Å². The third-order valence-electron chi connectivity index (χ3n) is 4.69. The van der Waals surface area contributed by atoms with Crippen LogP contribution in [-0.4, -0.2) is 56.4 Å². The summed E-state index contributed by atoms with van der Waals surface area (Å²) in [6.45, 7) is 10.5. The van der Waals surface area contributed by atoms with Crippen molar-refractivity contribution in [3.05, 3.63) is 35.4 Å². The minimum atomic E-state index is 0. The molecular formula is C20H35IN4O2. The lowest BCUT2D eigenvalue weighted by molar-refractivity contribution is 0.0453. The van der Waals surface area contributed by atoms with Crippen LogP contribution in [0.3, 0.4) is 0 Å². The van der Waals surface area contributed by atoms with Crippen LogP contribution in [0.25, 0.3) is 0 Å². The Morgan fingerprint density at radius 3 is 2.81 bits per heavy atom. The molecule has 1 aliphatic heterocycles. The van der Waals surface area contributed by atoms with E-state index >= 15 is 0 Å². The van der Waals surface area contributed by atoms with Crippen LogP contribution in [0.5, 0.6) is 0 Å². The first kappa shape index (κ1) is 24.1. The third kappa shape index (κ3) is 9.23. The fourth-order valence-corrected chi connectivity index (χ4v) is 3.27. The van der Waals surface area contributed by atoms with Gasteiger partial charge in [-0.25, -0.2) is 4.99 Å². The molecule has 0 radical (unpaired) electrons. The number of likely N-dealkylation sites (tertiary alicyclic amines) is 1. The first-order valence-electron chi connectivity index (χ1n) is 9.74. The Morgan fingerprint density at radius 2 is 2.04 bits per heavy atom. The zero-order valence-corrected chi connectivity index (χ0v) is 19.0. The molecule has 27 heavy (non-hydrogen) atoms. The highest BCUT2D eigenvalue weighted by Gasteiger charge is 2.22. The average Bonchev–Trinajstić information content (AvgIpc) is 3.12. The summed E-state index contributed by atoms with van der Waals surface area (Å²) in [4.78, 5) is 6.97. The molecule has 1 aliphatic rings. The van der Waals surface area contributed by atoms with Crippen molar-refractivity contribution in [1.82, 2.24) is 10.2 Å². The topological polar surface area (TPSA) is 72.1 Å². The maximum Gasteiger partial charge on any atom is 0.188 e. The lowest BCUT2D eigenvalue weighted by Crippen LogP contribution is -2.42. The molecular weight excluding hydrogens is 455 g/mol. The van der Waals surface area contributed by atoms with Gasteiger partial charge in [-0.2, -0.15) is 0 Å². The highest BCUT2D eigenvalue weighted by molar-refractivity contribution is 14.0. The molecule has 1 saturated heterocycles. The number of likely N-dealkylation sites (N-methyl/N-ethyl adjacent to an activating group) is 1. The lowest BCUT2D eigenvalue weighted by Gasteiger charge is -2.23. The number of aliphatic imine (C=N–C) groups is 1. The smallest absolute Gasteiger partial charge is 0.188 e. The molecule has 1 fully saturated rings. The molecule has 7 heteroatoms. The number of halogens is 1. The Hall–Kier alpha value is -0.900. The van der Waals surface area contributed by atoms with Gasteiger partial charge in [-0.1, -0.05) is 31.2 Å². The Labute approximate surface area is 180 Å².